The molecule has 1 amide bonds. The summed E-state index contributed by atoms with van der Waals surface area (Å²) in [6, 6.07) is 11.0. The summed E-state index contributed by atoms with van der Waals surface area (Å²) in [7, 11) is 0. The third-order valence-electron chi connectivity index (χ3n) is 3.81. The first kappa shape index (κ1) is 18.1. The van der Waals surface area contributed by atoms with E-state index in [1.807, 2.05) is 0 Å². The van der Waals surface area contributed by atoms with Gasteiger partial charge in [-0.2, -0.15) is 5.26 Å². The van der Waals surface area contributed by atoms with Gasteiger partial charge < -0.3 is 10.1 Å². The van der Waals surface area contributed by atoms with E-state index < -0.39 is 16.6 Å². The first-order chi connectivity index (χ1) is 13.0. The second-order valence-electron chi connectivity index (χ2n) is 5.96. The van der Waals surface area contributed by atoms with Crippen LogP contribution >= 0.6 is 0 Å². The maximum Gasteiger partial charge on any atom is 0.312 e. The van der Waals surface area contributed by atoms with Crippen LogP contribution in [0.5, 0.6) is 11.5 Å². The number of nitriles is 1. The SMILES string of the molecule is N#CC(=Cc1ccc(Oc2ccc(F)cc2)c([N+](=O)[O-])c1)C(=O)NC1CC1. The highest BCUT2D eigenvalue weighted by Crippen LogP contribution is 2.33. The lowest BCUT2D eigenvalue weighted by Crippen LogP contribution is -2.26. The summed E-state index contributed by atoms with van der Waals surface area (Å²) in [5, 5.41) is 23.2. The van der Waals surface area contributed by atoms with Crippen molar-refractivity contribution in [3.8, 4) is 17.6 Å². The summed E-state index contributed by atoms with van der Waals surface area (Å²) in [5.41, 5.74) is -0.160. The van der Waals surface area contributed by atoms with Crippen LogP contribution < -0.4 is 10.1 Å². The number of ether oxygens (including phenoxy) is 1. The fourth-order valence-electron chi connectivity index (χ4n) is 2.29. The van der Waals surface area contributed by atoms with Gasteiger partial charge >= 0.3 is 5.69 Å². The lowest BCUT2D eigenvalue weighted by molar-refractivity contribution is -0.385. The molecular weight excluding hydrogens is 353 g/mol. The monoisotopic (exact) mass is 367 g/mol. The quantitative estimate of drug-likeness (QED) is 0.363. The van der Waals surface area contributed by atoms with Crippen LogP contribution in [0.1, 0.15) is 18.4 Å². The normalized spacial score (nSPS) is 13.6. The second kappa shape index (κ2) is 7.66. The van der Waals surface area contributed by atoms with E-state index in [1.165, 1.54) is 48.5 Å². The number of nitro benzene ring substituents is 1. The maximum absolute atomic E-state index is 13.0. The van der Waals surface area contributed by atoms with E-state index in [0.717, 1.165) is 12.8 Å². The molecule has 0 saturated heterocycles. The highest BCUT2D eigenvalue weighted by atomic mass is 19.1. The van der Waals surface area contributed by atoms with Gasteiger partial charge in [0.15, 0.2) is 0 Å². The van der Waals surface area contributed by atoms with Gasteiger partial charge in [0, 0.05) is 12.1 Å². The van der Waals surface area contributed by atoms with E-state index in [9.17, 15) is 24.6 Å². The van der Waals surface area contributed by atoms with Gasteiger partial charge in [0.1, 0.15) is 23.2 Å². The fourth-order valence-corrected chi connectivity index (χ4v) is 2.29. The van der Waals surface area contributed by atoms with Crippen molar-refractivity contribution in [1.29, 1.82) is 5.26 Å². The van der Waals surface area contributed by atoms with Crippen molar-refractivity contribution in [3.05, 3.63) is 69.5 Å². The smallest absolute Gasteiger partial charge is 0.312 e. The molecule has 27 heavy (non-hydrogen) atoms. The topological polar surface area (TPSA) is 105 Å². The zero-order chi connectivity index (χ0) is 19.4. The molecule has 1 aliphatic rings. The fraction of sp³-hybridized carbons (Fsp3) is 0.158. The zero-order valence-corrected chi connectivity index (χ0v) is 14.0. The molecule has 136 valence electrons. The Balaban J connectivity index is 1.87. The van der Waals surface area contributed by atoms with Crippen molar-refractivity contribution in [1.82, 2.24) is 5.32 Å². The standard InChI is InChI=1S/C19H14FN3O4/c20-14-2-6-16(7-3-14)27-18-8-1-12(10-17(18)23(25)26)9-13(11-21)19(24)22-15-4-5-15/h1-3,6-10,15H,4-5H2,(H,22,24). The van der Waals surface area contributed by atoms with Crippen molar-refractivity contribution in [3.63, 3.8) is 0 Å². The molecule has 3 rings (SSSR count). The van der Waals surface area contributed by atoms with Gasteiger partial charge in [-0.3, -0.25) is 14.9 Å². The van der Waals surface area contributed by atoms with Crippen molar-refractivity contribution in [2.45, 2.75) is 18.9 Å². The molecule has 1 saturated carbocycles. The Morgan fingerprint density at radius 3 is 2.59 bits per heavy atom. The molecule has 7 nitrogen and oxygen atoms in total. The molecule has 0 aliphatic heterocycles. The Kier molecular flexibility index (Phi) is 5.13. The minimum Gasteiger partial charge on any atom is -0.450 e. The number of hydrogen-bond acceptors (Lipinski definition) is 5. The van der Waals surface area contributed by atoms with Gasteiger partial charge in [0.25, 0.3) is 5.91 Å². The molecule has 0 bridgehead atoms. The number of hydrogen-bond donors (Lipinski definition) is 1. The van der Waals surface area contributed by atoms with E-state index in [1.54, 1.807) is 6.07 Å². The highest BCUT2D eigenvalue weighted by molar-refractivity contribution is 6.02. The number of nitrogens with zero attached hydrogens (tertiary/aromatic N) is 2. The van der Waals surface area contributed by atoms with E-state index >= 15 is 0 Å². The minimum absolute atomic E-state index is 0.0373. The van der Waals surface area contributed by atoms with E-state index in [0.29, 0.717) is 5.56 Å². The van der Waals surface area contributed by atoms with Crippen molar-refractivity contribution >= 4 is 17.7 Å². The first-order valence-electron chi connectivity index (χ1n) is 8.11. The summed E-state index contributed by atoms with van der Waals surface area (Å²) in [4.78, 5) is 22.7. The van der Waals surface area contributed by atoms with Gasteiger partial charge in [-0.15, -0.1) is 0 Å². The molecule has 8 heteroatoms. The molecule has 0 heterocycles. The predicted octanol–water partition coefficient (Wildman–Crippen LogP) is 3.71. The number of rotatable bonds is 6. The second-order valence-corrected chi connectivity index (χ2v) is 5.96. The Morgan fingerprint density at radius 1 is 1.30 bits per heavy atom. The molecule has 0 aromatic heterocycles. The van der Waals surface area contributed by atoms with Crippen LogP contribution in [0.3, 0.4) is 0 Å². The van der Waals surface area contributed by atoms with Crippen LogP contribution in [0.2, 0.25) is 0 Å². The van der Waals surface area contributed by atoms with Crippen LogP contribution in [0.15, 0.2) is 48.0 Å². The van der Waals surface area contributed by atoms with Gasteiger partial charge in [0.05, 0.1) is 4.92 Å². The minimum atomic E-state index is -0.632. The molecule has 0 spiro atoms. The molecule has 2 aromatic rings. The lowest BCUT2D eigenvalue weighted by atomic mass is 10.1. The highest BCUT2D eigenvalue weighted by Gasteiger charge is 2.25. The van der Waals surface area contributed by atoms with Crippen LogP contribution in [0, 0.1) is 27.3 Å². The van der Waals surface area contributed by atoms with Crippen LogP contribution in [0.25, 0.3) is 6.08 Å². The number of carbonyl (C=O) groups excluding carboxylic acids is 1. The third-order valence-corrected chi connectivity index (χ3v) is 3.81. The number of benzene rings is 2. The number of nitro groups is 1. The molecular formula is C19H14FN3O4. The predicted molar refractivity (Wildman–Crippen MR) is 94.3 cm³/mol. The van der Waals surface area contributed by atoms with Gasteiger partial charge in [-0.05, 0) is 54.8 Å². The molecule has 0 unspecified atom stereocenters. The van der Waals surface area contributed by atoms with Gasteiger partial charge in [-0.1, -0.05) is 6.07 Å². The largest absolute Gasteiger partial charge is 0.450 e. The third kappa shape index (κ3) is 4.67. The first-order valence-corrected chi connectivity index (χ1v) is 8.11. The Bertz CT molecular complexity index is 960. The summed E-state index contributed by atoms with van der Waals surface area (Å²) in [6.45, 7) is 0. The Morgan fingerprint density at radius 2 is 2.00 bits per heavy atom. The molecule has 1 fully saturated rings. The van der Waals surface area contributed by atoms with Gasteiger partial charge in [-0.25, -0.2) is 4.39 Å². The number of carbonyl (C=O) groups is 1. The average Bonchev–Trinajstić information content (AvgIpc) is 3.46. The zero-order valence-electron chi connectivity index (χ0n) is 14.0. The van der Waals surface area contributed by atoms with Crippen LogP contribution in [-0.4, -0.2) is 16.9 Å². The van der Waals surface area contributed by atoms with Gasteiger partial charge in [0.2, 0.25) is 5.75 Å². The molecule has 0 atom stereocenters. The number of amides is 1. The van der Waals surface area contributed by atoms with Crippen LogP contribution in [0.4, 0.5) is 10.1 Å². The average molecular weight is 367 g/mol. The summed E-state index contributed by atoms with van der Waals surface area (Å²) in [6.07, 6.45) is 3.04. The van der Waals surface area contributed by atoms with Crippen molar-refractivity contribution < 1.29 is 18.8 Å². The lowest BCUT2D eigenvalue weighted by Gasteiger charge is -2.07. The van der Waals surface area contributed by atoms with Crippen molar-refractivity contribution in [2.75, 3.05) is 0 Å². The summed E-state index contributed by atoms with van der Waals surface area (Å²) < 4.78 is 18.4. The molecule has 2 aromatic carbocycles. The van der Waals surface area contributed by atoms with Crippen LogP contribution in [-0.2, 0) is 4.79 Å². The van der Waals surface area contributed by atoms with E-state index in [-0.39, 0.29) is 28.8 Å². The number of nitrogens with one attached hydrogen (secondary N) is 1. The van der Waals surface area contributed by atoms with Crippen molar-refractivity contribution in [2.24, 2.45) is 0 Å². The Hall–Kier alpha value is -3.73. The molecule has 0 radical (unpaired) electrons. The Labute approximate surface area is 153 Å². The number of halogens is 1. The molecule has 1 N–H and O–H groups in total. The van der Waals surface area contributed by atoms with E-state index in [4.69, 9.17) is 4.74 Å². The van der Waals surface area contributed by atoms with E-state index in [2.05, 4.69) is 5.32 Å². The summed E-state index contributed by atoms with van der Waals surface area (Å²) in [5.74, 6) is -0.755. The summed E-state index contributed by atoms with van der Waals surface area (Å²) >= 11 is 0. The molecule has 1 aliphatic carbocycles. The maximum atomic E-state index is 13.0.